The highest BCUT2D eigenvalue weighted by molar-refractivity contribution is 9.10. The van der Waals surface area contributed by atoms with Gasteiger partial charge in [-0.2, -0.15) is 0 Å². The summed E-state index contributed by atoms with van der Waals surface area (Å²) in [5.41, 5.74) is 4.47. The number of rotatable bonds is 8. The molecule has 4 rings (SSSR count). The number of benzene rings is 4. The molecule has 0 heterocycles. The topological polar surface area (TPSA) is 67.4 Å². The van der Waals surface area contributed by atoms with Crippen LogP contribution >= 0.6 is 15.9 Å². The van der Waals surface area contributed by atoms with Crippen molar-refractivity contribution in [1.82, 2.24) is 0 Å². The van der Waals surface area contributed by atoms with E-state index in [1.54, 1.807) is 42.5 Å². The zero-order chi connectivity index (χ0) is 24.6. The maximum atomic E-state index is 13.0. The van der Waals surface area contributed by atoms with Crippen LogP contribution in [0.15, 0.2) is 102 Å². The van der Waals surface area contributed by atoms with Crippen LogP contribution in [0.1, 0.15) is 31.8 Å². The summed E-state index contributed by atoms with van der Waals surface area (Å²) >= 11 is 3.44. The van der Waals surface area contributed by atoms with Crippen molar-refractivity contribution < 1.29 is 14.3 Å². The van der Waals surface area contributed by atoms with E-state index in [-0.39, 0.29) is 11.8 Å². The maximum Gasteiger partial charge on any atom is 0.259 e. The van der Waals surface area contributed by atoms with E-state index in [4.69, 9.17) is 4.74 Å². The highest BCUT2D eigenvalue weighted by Gasteiger charge is 2.14. The molecule has 0 aliphatic rings. The summed E-state index contributed by atoms with van der Waals surface area (Å²) in [5.74, 6) is 0.0538. The van der Waals surface area contributed by atoms with Crippen LogP contribution in [0.4, 0.5) is 11.4 Å². The lowest BCUT2D eigenvalue weighted by molar-refractivity contribution is 0.101. The van der Waals surface area contributed by atoms with Crippen molar-refractivity contribution >= 4 is 39.1 Å². The average Bonchev–Trinajstić information content (AvgIpc) is 2.86. The van der Waals surface area contributed by atoms with E-state index in [2.05, 4.69) is 26.6 Å². The molecule has 35 heavy (non-hydrogen) atoms. The first-order chi connectivity index (χ1) is 17.0. The maximum absolute atomic E-state index is 13.0. The van der Waals surface area contributed by atoms with Gasteiger partial charge in [0.2, 0.25) is 0 Å². The molecule has 6 heteroatoms. The van der Waals surface area contributed by atoms with Gasteiger partial charge in [-0.15, -0.1) is 0 Å². The molecule has 2 N–H and O–H groups in total. The Morgan fingerprint density at radius 2 is 1.46 bits per heavy atom. The first-order valence-corrected chi connectivity index (χ1v) is 12.0. The van der Waals surface area contributed by atoms with Crippen LogP contribution in [-0.4, -0.2) is 18.4 Å². The number of halogens is 1. The Hall–Kier alpha value is -3.90. The first kappa shape index (κ1) is 24.2. The van der Waals surface area contributed by atoms with Crippen LogP contribution in [0.5, 0.6) is 5.75 Å². The Kier molecular flexibility index (Phi) is 7.95. The quantitative estimate of drug-likeness (QED) is 0.261. The lowest BCUT2D eigenvalue weighted by atomic mass is 10.1. The summed E-state index contributed by atoms with van der Waals surface area (Å²) < 4.78 is 6.72. The van der Waals surface area contributed by atoms with E-state index in [1.807, 2.05) is 61.5 Å². The lowest BCUT2D eigenvalue weighted by Gasteiger charge is -2.13. The number of nitrogens with one attached hydrogen (secondary N) is 2. The van der Waals surface area contributed by atoms with Gasteiger partial charge >= 0.3 is 0 Å². The molecule has 0 spiro atoms. The third-order valence-electron chi connectivity index (χ3n) is 5.36. The van der Waals surface area contributed by atoms with Gasteiger partial charge in [-0.05, 0) is 67.1 Å². The van der Waals surface area contributed by atoms with Crippen molar-refractivity contribution in [2.24, 2.45) is 0 Å². The third-order valence-corrected chi connectivity index (χ3v) is 5.85. The van der Waals surface area contributed by atoms with E-state index >= 15 is 0 Å². The molecule has 0 aromatic heterocycles. The van der Waals surface area contributed by atoms with E-state index in [0.717, 1.165) is 16.5 Å². The molecular formula is C29H25BrN2O3. The van der Waals surface area contributed by atoms with Gasteiger partial charge in [0.1, 0.15) is 5.75 Å². The predicted molar refractivity (Wildman–Crippen MR) is 143 cm³/mol. The largest absolute Gasteiger partial charge is 0.492 e. The van der Waals surface area contributed by atoms with E-state index < -0.39 is 0 Å². The van der Waals surface area contributed by atoms with Crippen molar-refractivity contribution in [2.45, 2.75) is 13.3 Å². The number of anilines is 2. The smallest absolute Gasteiger partial charge is 0.259 e. The molecule has 2 amide bonds. The Labute approximate surface area is 213 Å². The highest BCUT2D eigenvalue weighted by Crippen LogP contribution is 2.25. The zero-order valence-electron chi connectivity index (χ0n) is 19.3. The van der Waals surface area contributed by atoms with E-state index in [1.165, 1.54) is 5.56 Å². The van der Waals surface area contributed by atoms with Gasteiger partial charge in [0.05, 0.1) is 12.2 Å². The van der Waals surface area contributed by atoms with Gasteiger partial charge in [-0.3, -0.25) is 9.59 Å². The minimum atomic E-state index is -0.280. The summed E-state index contributed by atoms with van der Waals surface area (Å²) in [6.45, 7) is 2.40. The first-order valence-electron chi connectivity index (χ1n) is 11.2. The molecule has 0 radical (unpaired) electrons. The number of aryl methyl sites for hydroxylation is 1. The molecule has 0 saturated heterocycles. The van der Waals surface area contributed by atoms with Crippen LogP contribution in [0, 0.1) is 6.92 Å². The van der Waals surface area contributed by atoms with Gasteiger partial charge in [-0.1, -0.05) is 64.0 Å². The second-order valence-electron chi connectivity index (χ2n) is 8.08. The highest BCUT2D eigenvalue weighted by atomic mass is 79.9. The van der Waals surface area contributed by atoms with Gasteiger partial charge in [-0.25, -0.2) is 0 Å². The van der Waals surface area contributed by atoms with Gasteiger partial charge in [0.25, 0.3) is 11.8 Å². The molecular weight excluding hydrogens is 504 g/mol. The molecule has 0 unspecified atom stereocenters. The zero-order valence-corrected chi connectivity index (χ0v) is 20.8. The molecule has 5 nitrogen and oxygen atoms in total. The van der Waals surface area contributed by atoms with Crippen LogP contribution in [0.2, 0.25) is 0 Å². The van der Waals surface area contributed by atoms with Gasteiger partial charge < -0.3 is 15.4 Å². The fourth-order valence-electron chi connectivity index (χ4n) is 3.55. The molecule has 0 atom stereocenters. The van der Waals surface area contributed by atoms with Crippen molar-refractivity contribution in [3.63, 3.8) is 0 Å². The Bertz CT molecular complexity index is 1320. The Morgan fingerprint density at radius 1 is 0.771 bits per heavy atom. The Morgan fingerprint density at radius 3 is 2.14 bits per heavy atom. The fourth-order valence-corrected chi connectivity index (χ4v) is 3.92. The number of amides is 2. The SMILES string of the molecule is Cc1cccc(C(=O)Nc2ccc(NC(=O)c3cc(Br)ccc3OCCc3ccccc3)cc2)c1. The van der Waals surface area contributed by atoms with Crippen molar-refractivity contribution in [2.75, 3.05) is 17.2 Å². The van der Waals surface area contributed by atoms with Crippen LogP contribution in [0.3, 0.4) is 0 Å². The molecule has 4 aromatic carbocycles. The summed E-state index contributed by atoms with van der Waals surface area (Å²) in [6, 6.07) is 29.8. The third kappa shape index (κ3) is 6.80. The molecule has 0 aliphatic heterocycles. The summed E-state index contributed by atoms with van der Waals surface area (Å²) in [7, 11) is 0. The minimum Gasteiger partial charge on any atom is -0.492 e. The number of carbonyl (C=O) groups is 2. The lowest BCUT2D eigenvalue weighted by Crippen LogP contribution is -2.15. The van der Waals surface area contributed by atoms with Gasteiger partial charge in [0.15, 0.2) is 0 Å². The van der Waals surface area contributed by atoms with Crippen LogP contribution < -0.4 is 15.4 Å². The molecule has 0 aliphatic carbocycles. The van der Waals surface area contributed by atoms with Gasteiger partial charge in [0, 0.05) is 27.8 Å². The summed E-state index contributed by atoms with van der Waals surface area (Å²) in [6.07, 6.45) is 0.744. The molecule has 176 valence electrons. The standard InChI is InChI=1S/C29H25BrN2O3/c1-20-6-5-9-22(18-20)28(33)31-24-11-13-25(14-12-24)32-29(34)26-19-23(30)10-15-27(26)35-17-16-21-7-3-2-4-8-21/h2-15,18-19H,16-17H2,1H3,(H,31,33)(H,32,34). The fraction of sp³-hybridized carbons (Fsp3) is 0.103. The summed E-state index contributed by atoms with van der Waals surface area (Å²) in [5, 5.41) is 5.77. The minimum absolute atomic E-state index is 0.183. The predicted octanol–water partition coefficient (Wildman–Crippen LogP) is 6.88. The van der Waals surface area contributed by atoms with Crippen LogP contribution in [-0.2, 0) is 6.42 Å². The van der Waals surface area contributed by atoms with Crippen molar-refractivity contribution in [3.8, 4) is 5.75 Å². The molecule has 0 saturated carbocycles. The second-order valence-corrected chi connectivity index (χ2v) is 9.00. The number of hydrogen-bond acceptors (Lipinski definition) is 3. The van der Waals surface area contributed by atoms with Crippen molar-refractivity contribution in [1.29, 1.82) is 0 Å². The second kappa shape index (κ2) is 11.5. The van der Waals surface area contributed by atoms with E-state index in [0.29, 0.717) is 34.9 Å². The van der Waals surface area contributed by atoms with Crippen molar-refractivity contribution in [3.05, 3.63) is 124 Å². The number of ether oxygens (including phenoxy) is 1. The average molecular weight is 529 g/mol. The molecule has 4 aromatic rings. The Balaban J connectivity index is 1.39. The van der Waals surface area contributed by atoms with Crippen LogP contribution in [0.25, 0.3) is 0 Å². The monoisotopic (exact) mass is 528 g/mol. The molecule has 0 fully saturated rings. The molecule has 0 bridgehead atoms. The normalized spacial score (nSPS) is 10.5. The van der Waals surface area contributed by atoms with E-state index in [9.17, 15) is 9.59 Å². The number of carbonyl (C=O) groups excluding carboxylic acids is 2. The number of hydrogen-bond donors (Lipinski definition) is 2. The summed E-state index contributed by atoms with van der Waals surface area (Å²) in [4.78, 5) is 25.5.